The molecular formula is C21H28N4O4. The average molecular weight is 400 g/mol. The van der Waals surface area contributed by atoms with Gasteiger partial charge in [0.15, 0.2) is 11.5 Å². The number of fused-ring (bicyclic) bond motifs is 1. The van der Waals surface area contributed by atoms with Crippen molar-refractivity contribution in [1.29, 1.82) is 0 Å². The molecule has 1 unspecified atom stereocenters. The fraction of sp³-hybridized carbons (Fsp3) is 0.476. The first kappa shape index (κ1) is 20.7. The highest BCUT2D eigenvalue weighted by molar-refractivity contribution is 5.92. The second-order valence-electron chi connectivity index (χ2n) is 6.91. The standard InChI is InChI=1S/C21H28N4O4/c1-5-6-7-8-11-29-16-10-9-15(12-17(16)27-3)19-18(20(26)28-4)14(2)24-21-22-13-23-25(19)21/h9-10,12-13,19H,5-8,11H2,1-4H3,(H,22,23,24). The number of ether oxygens (including phenoxy) is 3. The van der Waals surface area contributed by atoms with Crippen LogP contribution in [0.3, 0.4) is 0 Å². The van der Waals surface area contributed by atoms with E-state index < -0.39 is 12.0 Å². The molecule has 8 nitrogen and oxygen atoms in total. The van der Waals surface area contributed by atoms with Crippen LogP contribution in [-0.2, 0) is 9.53 Å². The van der Waals surface area contributed by atoms with Gasteiger partial charge in [-0.3, -0.25) is 0 Å². The highest BCUT2D eigenvalue weighted by atomic mass is 16.5. The Balaban J connectivity index is 1.91. The highest BCUT2D eigenvalue weighted by Crippen LogP contribution is 2.38. The van der Waals surface area contributed by atoms with Crippen molar-refractivity contribution < 1.29 is 19.0 Å². The van der Waals surface area contributed by atoms with Crippen molar-refractivity contribution in [2.24, 2.45) is 0 Å². The van der Waals surface area contributed by atoms with Gasteiger partial charge < -0.3 is 19.5 Å². The second-order valence-corrected chi connectivity index (χ2v) is 6.91. The van der Waals surface area contributed by atoms with Crippen LogP contribution in [0.15, 0.2) is 35.8 Å². The van der Waals surface area contributed by atoms with Crippen molar-refractivity contribution in [3.8, 4) is 11.5 Å². The van der Waals surface area contributed by atoms with Crippen LogP contribution in [0.2, 0.25) is 0 Å². The number of rotatable bonds is 9. The molecule has 3 rings (SSSR count). The molecule has 0 fully saturated rings. The Hall–Kier alpha value is -3.03. The molecule has 1 aromatic heterocycles. The molecule has 0 spiro atoms. The van der Waals surface area contributed by atoms with Crippen LogP contribution >= 0.6 is 0 Å². The van der Waals surface area contributed by atoms with Gasteiger partial charge in [0.05, 0.1) is 26.4 Å². The van der Waals surface area contributed by atoms with Crippen molar-refractivity contribution in [3.63, 3.8) is 0 Å². The zero-order chi connectivity index (χ0) is 20.8. The lowest BCUT2D eigenvalue weighted by atomic mass is 9.95. The molecule has 1 N–H and O–H groups in total. The quantitative estimate of drug-likeness (QED) is 0.507. The number of carbonyl (C=O) groups is 1. The molecule has 29 heavy (non-hydrogen) atoms. The van der Waals surface area contributed by atoms with Crippen molar-refractivity contribution in [1.82, 2.24) is 14.8 Å². The first-order valence-corrected chi connectivity index (χ1v) is 9.87. The van der Waals surface area contributed by atoms with Gasteiger partial charge in [-0.1, -0.05) is 32.3 Å². The number of aromatic nitrogens is 3. The number of nitrogens with one attached hydrogen (secondary N) is 1. The summed E-state index contributed by atoms with van der Waals surface area (Å²) in [7, 11) is 2.97. The lowest BCUT2D eigenvalue weighted by Gasteiger charge is -2.28. The maximum absolute atomic E-state index is 12.5. The summed E-state index contributed by atoms with van der Waals surface area (Å²) in [5.74, 6) is 1.44. The monoisotopic (exact) mass is 400 g/mol. The molecule has 0 saturated heterocycles. The predicted octanol–water partition coefficient (Wildman–Crippen LogP) is 3.71. The maximum Gasteiger partial charge on any atom is 0.338 e. The lowest BCUT2D eigenvalue weighted by Crippen LogP contribution is -2.29. The minimum absolute atomic E-state index is 0.420. The van der Waals surface area contributed by atoms with Crippen LogP contribution in [0, 0.1) is 0 Å². The van der Waals surface area contributed by atoms with Gasteiger partial charge in [0.25, 0.3) is 0 Å². The number of anilines is 1. The maximum atomic E-state index is 12.5. The summed E-state index contributed by atoms with van der Waals surface area (Å²) in [6.07, 6.45) is 6.00. The topological polar surface area (TPSA) is 87.5 Å². The van der Waals surface area contributed by atoms with E-state index in [9.17, 15) is 4.79 Å². The Bertz CT molecular complexity index is 891. The third-order valence-corrected chi connectivity index (χ3v) is 4.96. The molecule has 0 amide bonds. The van der Waals surface area contributed by atoms with Crippen molar-refractivity contribution in [2.45, 2.75) is 45.6 Å². The van der Waals surface area contributed by atoms with Crippen LogP contribution in [0.4, 0.5) is 5.95 Å². The summed E-state index contributed by atoms with van der Waals surface area (Å²) in [5.41, 5.74) is 1.98. The van der Waals surface area contributed by atoms with E-state index in [-0.39, 0.29) is 0 Å². The SMILES string of the molecule is CCCCCCOc1ccc(C2C(C(=O)OC)=C(C)Nc3ncnn32)cc1OC. The Morgan fingerprint density at radius 1 is 1.21 bits per heavy atom. The number of benzene rings is 1. The summed E-state index contributed by atoms with van der Waals surface area (Å²) < 4.78 is 18.1. The van der Waals surface area contributed by atoms with Crippen LogP contribution < -0.4 is 14.8 Å². The van der Waals surface area contributed by atoms with E-state index in [1.165, 1.54) is 26.3 Å². The average Bonchev–Trinajstić information content (AvgIpc) is 3.20. The van der Waals surface area contributed by atoms with Gasteiger partial charge in [0.2, 0.25) is 5.95 Å². The number of unbranched alkanes of at least 4 members (excludes halogenated alkanes) is 3. The first-order valence-electron chi connectivity index (χ1n) is 9.87. The third kappa shape index (κ3) is 4.36. The molecule has 1 aliphatic rings. The zero-order valence-corrected chi connectivity index (χ0v) is 17.4. The van der Waals surface area contributed by atoms with Gasteiger partial charge in [0, 0.05) is 5.70 Å². The van der Waals surface area contributed by atoms with Gasteiger partial charge >= 0.3 is 5.97 Å². The van der Waals surface area contributed by atoms with Gasteiger partial charge in [-0.05, 0) is 31.0 Å². The summed E-state index contributed by atoms with van der Waals surface area (Å²) in [4.78, 5) is 16.7. The van der Waals surface area contributed by atoms with Crippen LogP contribution in [0.1, 0.15) is 51.1 Å². The van der Waals surface area contributed by atoms with E-state index >= 15 is 0 Å². The second kappa shape index (κ2) is 9.45. The number of esters is 1. The highest BCUT2D eigenvalue weighted by Gasteiger charge is 2.34. The van der Waals surface area contributed by atoms with E-state index in [2.05, 4.69) is 22.3 Å². The van der Waals surface area contributed by atoms with Crippen LogP contribution in [0.5, 0.6) is 11.5 Å². The summed E-state index contributed by atoms with van der Waals surface area (Å²) in [5, 5.41) is 7.40. The molecule has 2 heterocycles. The third-order valence-electron chi connectivity index (χ3n) is 4.96. The Kier molecular flexibility index (Phi) is 6.74. The minimum Gasteiger partial charge on any atom is -0.493 e. The fourth-order valence-corrected chi connectivity index (χ4v) is 3.46. The Morgan fingerprint density at radius 3 is 2.76 bits per heavy atom. The zero-order valence-electron chi connectivity index (χ0n) is 17.4. The fourth-order valence-electron chi connectivity index (χ4n) is 3.46. The number of nitrogens with zero attached hydrogens (tertiary/aromatic N) is 3. The molecule has 0 aliphatic carbocycles. The summed E-state index contributed by atoms with van der Waals surface area (Å²) in [6, 6.07) is 5.19. The number of carbonyl (C=O) groups excluding carboxylic acids is 1. The molecule has 0 saturated carbocycles. The molecule has 0 radical (unpaired) electrons. The minimum atomic E-state index is -0.478. The van der Waals surface area contributed by atoms with Crippen LogP contribution in [-0.4, -0.2) is 41.6 Å². The lowest BCUT2D eigenvalue weighted by molar-refractivity contribution is -0.136. The molecule has 1 aromatic carbocycles. The number of allylic oxidation sites excluding steroid dienone is 1. The van der Waals surface area contributed by atoms with Crippen molar-refractivity contribution in [2.75, 3.05) is 26.1 Å². The van der Waals surface area contributed by atoms with Crippen molar-refractivity contribution in [3.05, 3.63) is 41.4 Å². The van der Waals surface area contributed by atoms with E-state index in [0.29, 0.717) is 35.3 Å². The number of hydrogen-bond donors (Lipinski definition) is 1. The molecule has 1 aliphatic heterocycles. The molecule has 2 aromatic rings. The van der Waals surface area contributed by atoms with Crippen molar-refractivity contribution >= 4 is 11.9 Å². The summed E-state index contributed by atoms with van der Waals surface area (Å²) in [6.45, 7) is 4.65. The van der Waals surface area contributed by atoms with Gasteiger partial charge in [-0.15, -0.1) is 0 Å². The largest absolute Gasteiger partial charge is 0.493 e. The Labute approximate surface area is 170 Å². The Morgan fingerprint density at radius 2 is 2.03 bits per heavy atom. The van der Waals surface area contributed by atoms with Gasteiger partial charge in [-0.2, -0.15) is 10.1 Å². The van der Waals surface area contributed by atoms with Gasteiger partial charge in [0.1, 0.15) is 12.4 Å². The molecular weight excluding hydrogens is 372 g/mol. The smallest absolute Gasteiger partial charge is 0.338 e. The van der Waals surface area contributed by atoms with E-state index in [1.807, 2.05) is 25.1 Å². The normalized spacial score (nSPS) is 15.5. The van der Waals surface area contributed by atoms with E-state index in [1.54, 1.807) is 11.8 Å². The molecule has 0 bridgehead atoms. The molecule has 156 valence electrons. The van der Waals surface area contributed by atoms with E-state index in [0.717, 1.165) is 18.4 Å². The first-order chi connectivity index (χ1) is 14.1. The number of hydrogen-bond acceptors (Lipinski definition) is 7. The van der Waals surface area contributed by atoms with E-state index in [4.69, 9.17) is 14.2 Å². The molecule has 1 atom stereocenters. The molecule has 8 heteroatoms. The predicted molar refractivity (Wildman–Crippen MR) is 109 cm³/mol. The summed E-state index contributed by atoms with van der Waals surface area (Å²) >= 11 is 0. The van der Waals surface area contributed by atoms with Crippen LogP contribution in [0.25, 0.3) is 0 Å². The number of methoxy groups -OCH3 is 2. The van der Waals surface area contributed by atoms with Gasteiger partial charge in [-0.25, -0.2) is 9.48 Å².